The average molecular weight is 488 g/mol. The zero-order chi connectivity index (χ0) is 24.4. The van der Waals surface area contributed by atoms with E-state index < -0.39 is 0 Å². The molecule has 1 fully saturated rings. The molecule has 2 aromatic carbocycles. The monoisotopic (exact) mass is 487 g/mol. The van der Waals surface area contributed by atoms with Crippen LogP contribution in [-0.4, -0.2) is 36.9 Å². The molecule has 6 nitrogen and oxygen atoms in total. The minimum absolute atomic E-state index is 0.0870. The molecule has 0 saturated heterocycles. The molecule has 5 rings (SSSR count). The van der Waals surface area contributed by atoms with Gasteiger partial charge >= 0.3 is 0 Å². The lowest BCUT2D eigenvalue weighted by Gasteiger charge is -2.24. The van der Waals surface area contributed by atoms with Crippen molar-refractivity contribution in [2.24, 2.45) is 0 Å². The Balaban J connectivity index is 1.47. The van der Waals surface area contributed by atoms with Crippen LogP contribution in [0.3, 0.4) is 0 Å². The maximum atomic E-state index is 13.0. The second-order valence-corrected chi connectivity index (χ2v) is 10.9. The molecule has 2 aromatic heterocycles. The van der Waals surface area contributed by atoms with Crippen molar-refractivity contribution in [2.45, 2.75) is 82.3 Å². The van der Waals surface area contributed by atoms with Crippen LogP contribution in [0.15, 0.2) is 47.6 Å². The number of thioether (sulfide) groups is 1. The van der Waals surface area contributed by atoms with Crippen molar-refractivity contribution in [3.05, 3.63) is 59.2 Å². The Labute approximate surface area is 210 Å². The second-order valence-electron chi connectivity index (χ2n) is 9.72. The molecule has 1 atom stereocenters. The van der Waals surface area contributed by atoms with Gasteiger partial charge < -0.3 is 9.88 Å². The molecule has 35 heavy (non-hydrogen) atoms. The summed E-state index contributed by atoms with van der Waals surface area (Å²) in [5, 5.41) is 13.7. The molecule has 1 amide bonds. The highest BCUT2D eigenvalue weighted by molar-refractivity contribution is 8.00. The van der Waals surface area contributed by atoms with E-state index in [9.17, 15) is 4.79 Å². The topological polar surface area (TPSA) is 72.7 Å². The third-order valence-electron chi connectivity index (χ3n) is 6.93. The van der Waals surface area contributed by atoms with Crippen LogP contribution in [0.4, 0.5) is 0 Å². The van der Waals surface area contributed by atoms with Gasteiger partial charge in [-0.25, -0.2) is 4.98 Å². The molecule has 7 heteroatoms. The standard InChI is InChI=1S/C28H33N5OS/c1-4-24(27(34)29-21-8-6-5-7-9-21)35-28-30-26-25(31-32-28)22-16-19(3)12-15-23(22)33(26)17-20-13-10-18(2)11-14-20/h10-16,21,24H,4-9,17H2,1-3H3,(H,29,34). The van der Waals surface area contributed by atoms with Gasteiger partial charge in [0.2, 0.25) is 11.1 Å². The highest BCUT2D eigenvalue weighted by Crippen LogP contribution is 2.30. The van der Waals surface area contributed by atoms with Gasteiger partial charge in [-0.15, -0.1) is 10.2 Å². The van der Waals surface area contributed by atoms with Crippen molar-refractivity contribution in [3.8, 4) is 0 Å². The van der Waals surface area contributed by atoms with E-state index >= 15 is 0 Å². The van der Waals surface area contributed by atoms with E-state index in [4.69, 9.17) is 4.98 Å². The van der Waals surface area contributed by atoms with E-state index in [1.165, 1.54) is 47.7 Å². The molecular formula is C28H33N5OS. The number of nitrogens with one attached hydrogen (secondary N) is 1. The molecule has 0 aliphatic heterocycles. The molecule has 4 aromatic rings. The maximum Gasteiger partial charge on any atom is 0.233 e. The number of benzene rings is 2. The summed E-state index contributed by atoms with van der Waals surface area (Å²) >= 11 is 1.42. The molecule has 1 N–H and O–H groups in total. The van der Waals surface area contributed by atoms with Gasteiger partial charge in [-0.2, -0.15) is 0 Å². The predicted octanol–water partition coefficient (Wildman–Crippen LogP) is 5.96. The first kappa shape index (κ1) is 23.8. The van der Waals surface area contributed by atoms with Crippen LogP contribution in [0.1, 0.15) is 62.1 Å². The predicted molar refractivity (Wildman–Crippen MR) is 143 cm³/mol. The molecule has 1 aliphatic rings. The molecular weight excluding hydrogens is 454 g/mol. The molecule has 182 valence electrons. The van der Waals surface area contributed by atoms with E-state index in [0.717, 1.165) is 41.3 Å². The van der Waals surface area contributed by atoms with E-state index in [1.807, 2.05) is 6.92 Å². The van der Waals surface area contributed by atoms with E-state index in [2.05, 4.69) is 76.4 Å². The fourth-order valence-corrected chi connectivity index (χ4v) is 5.75. The van der Waals surface area contributed by atoms with Crippen LogP contribution < -0.4 is 5.32 Å². The molecule has 1 unspecified atom stereocenters. The summed E-state index contributed by atoms with van der Waals surface area (Å²) in [5.41, 5.74) is 6.34. The smallest absolute Gasteiger partial charge is 0.233 e. The zero-order valence-electron chi connectivity index (χ0n) is 20.8. The first-order chi connectivity index (χ1) is 17.0. The number of aromatic nitrogens is 4. The average Bonchev–Trinajstić information content (AvgIpc) is 3.16. The summed E-state index contributed by atoms with van der Waals surface area (Å²) in [4.78, 5) is 18.0. The van der Waals surface area contributed by atoms with E-state index in [-0.39, 0.29) is 11.2 Å². The van der Waals surface area contributed by atoms with Crippen molar-refractivity contribution in [1.29, 1.82) is 0 Å². The largest absolute Gasteiger partial charge is 0.352 e. The number of nitrogens with zero attached hydrogens (tertiary/aromatic N) is 4. The molecule has 1 saturated carbocycles. The van der Waals surface area contributed by atoms with Crippen molar-refractivity contribution in [2.75, 3.05) is 0 Å². The molecule has 0 spiro atoms. The SMILES string of the molecule is CCC(Sc1nnc2c3cc(C)ccc3n(Cc3ccc(C)cc3)c2n1)C(=O)NC1CCCCC1. The van der Waals surface area contributed by atoms with Crippen molar-refractivity contribution in [3.63, 3.8) is 0 Å². The first-order valence-corrected chi connectivity index (χ1v) is 13.6. The lowest BCUT2D eigenvalue weighted by molar-refractivity contribution is -0.121. The van der Waals surface area contributed by atoms with E-state index in [0.29, 0.717) is 17.7 Å². The summed E-state index contributed by atoms with van der Waals surface area (Å²) in [6, 6.07) is 15.3. The van der Waals surface area contributed by atoms with Crippen LogP contribution >= 0.6 is 11.8 Å². The van der Waals surface area contributed by atoms with Crippen molar-refractivity contribution < 1.29 is 4.79 Å². The number of carbonyl (C=O) groups is 1. The summed E-state index contributed by atoms with van der Waals surface area (Å²) in [5.74, 6) is 0.0870. The van der Waals surface area contributed by atoms with Crippen LogP contribution in [0.25, 0.3) is 22.1 Å². The Morgan fingerprint density at radius 2 is 1.80 bits per heavy atom. The molecule has 0 radical (unpaired) electrons. The Hall–Kier alpha value is -2.93. The number of hydrogen-bond acceptors (Lipinski definition) is 5. The molecule has 0 bridgehead atoms. The van der Waals surface area contributed by atoms with Gasteiger partial charge in [0.05, 0.1) is 10.8 Å². The number of amides is 1. The van der Waals surface area contributed by atoms with Crippen LogP contribution in [0.2, 0.25) is 0 Å². The summed E-state index contributed by atoms with van der Waals surface area (Å²) in [6.07, 6.45) is 6.54. The van der Waals surface area contributed by atoms with Crippen LogP contribution in [0, 0.1) is 13.8 Å². The number of fused-ring (bicyclic) bond motifs is 3. The Morgan fingerprint density at radius 1 is 1.06 bits per heavy atom. The van der Waals surface area contributed by atoms with Gasteiger partial charge in [0, 0.05) is 18.0 Å². The minimum atomic E-state index is -0.228. The summed E-state index contributed by atoms with van der Waals surface area (Å²) < 4.78 is 2.22. The Morgan fingerprint density at radius 3 is 2.54 bits per heavy atom. The van der Waals surface area contributed by atoms with Crippen LogP contribution in [0.5, 0.6) is 0 Å². The fraction of sp³-hybridized carbons (Fsp3) is 0.429. The highest BCUT2D eigenvalue weighted by atomic mass is 32.2. The third-order valence-corrected chi connectivity index (χ3v) is 8.14. The zero-order valence-corrected chi connectivity index (χ0v) is 21.6. The van der Waals surface area contributed by atoms with Gasteiger partial charge in [-0.05, 0) is 50.8 Å². The van der Waals surface area contributed by atoms with Gasteiger partial charge in [-0.1, -0.05) is 79.4 Å². The third kappa shape index (κ3) is 5.20. The highest BCUT2D eigenvalue weighted by Gasteiger charge is 2.24. The number of rotatable bonds is 7. The normalized spacial score (nSPS) is 15.5. The molecule has 2 heterocycles. The minimum Gasteiger partial charge on any atom is -0.352 e. The number of aryl methyl sites for hydroxylation is 2. The molecule has 1 aliphatic carbocycles. The van der Waals surface area contributed by atoms with Gasteiger partial charge in [-0.3, -0.25) is 4.79 Å². The fourth-order valence-electron chi connectivity index (χ4n) is 4.93. The van der Waals surface area contributed by atoms with Gasteiger partial charge in [0.25, 0.3) is 0 Å². The lowest BCUT2D eigenvalue weighted by atomic mass is 9.95. The second kappa shape index (κ2) is 10.4. The summed E-state index contributed by atoms with van der Waals surface area (Å²) in [7, 11) is 0. The van der Waals surface area contributed by atoms with Crippen molar-refractivity contribution >= 4 is 39.7 Å². The van der Waals surface area contributed by atoms with Gasteiger partial charge in [0.15, 0.2) is 5.65 Å². The lowest BCUT2D eigenvalue weighted by Crippen LogP contribution is -2.41. The Bertz CT molecular complexity index is 1340. The summed E-state index contributed by atoms with van der Waals surface area (Å²) in [6.45, 7) is 6.93. The maximum absolute atomic E-state index is 13.0. The number of hydrogen-bond donors (Lipinski definition) is 1. The van der Waals surface area contributed by atoms with Crippen molar-refractivity contribution in [1.82, 2.24) is 25.1 Å². The Kier molecular flexibility index (Phi) is 7.04. The van der Waals surface area contributed by atoms with E-state index in [1.54, 1.807) is 0 Å². The number of carbonyl (C=O) groups excluding carboxylic acids is 1. The first-order valence-electron chi connectivity index (χ1n) is 12.7. The van der Waals surface area contributed by atoms with Crippen LogP contribution in [-0.2, 0) is 11.3 Å². The quantitative estimate of drug-likeness (QED) is 0.325. The van der Waals surface area contributed by atoms with Gasteiger partial charge in [0.1, 0.15) is 5.52 Å².